The summed E-state index contributed by atoms with van der Waals surface area (Å²) in [7, 11) is 0. The summed E-state index contributed by atoms with van der Waals surface area (Å²) in [6, 6.07) is 2.73. The van der Waals surface area contributed by atoms with Gasteiger partial charge in [0.05, 0.1) is 0 Å². The van der Waals surface area contributed by atoms with Gasteiger partial charge in [-0.3, -0.25) is 0 Å². The third-order valence-electron chi connectivity index (χ3n) is 1.79. The molecule has 1 heterocycles. The van der Waals surface area contributed by atoms with Crippen molar-refractivity contribution < 1.29 is 19.6 Å². The number of aromatic nitrogens is 1. The number of carbonyl (C=O) groups is 1. The first-order chi connectivity index (χ1) is 6.15. The number of aliphatic carboxylic acids is 1. The number of carboxylic acids is 1. The predicted octanol–water partition coefficient (Wildman–Crippen LogP) is -0.0995. The van der Waals surface area contributed by atoms with E-state index in [1.807, 2.05) is 13.0 Å². The quantitative estimate of drug-likeness (QED) is 0.642. The largest absolute Gasteiger partial charge is 0.476 e. The lowest BCUT2D eigenvalue weighted by Crippen LogP contribution is -2.45. The van der Waals surface area contributed by atoms with Gasteiger partial charge in [-0.05, 0) is 13.0 Å². The van der Waals surface area contributed by atoms with Crippen LogP contribution in [0.25, 0.3) is 0 Å². The summed E-state index contributed by atoms with van der Waals surface area (Å²) in [4.78, 5) is 10.7. The van der Waals surface area contributed by atoms with Gasteiger partial charge >= 0.3 is 5.97 Å². The topological polar surface area (TPSA) is 61.4 Å². The molecule has 1 rings (SSSR count). The predicted molar refractivity (Wildman–Crippen MR) is 45.1 cm³/mol. The van der Waals surface area contributed by atoms with E-state index < -0.39 is 18.6 Å². The molecule has 1 unspecified atom stereocenters. The van der Waals surface area contributed by atoms with E-state index in [1.54, 1.807) is 18.5 Å². The van der Waals surface area contributed by atoms with Crippen molar-refractivity contribution in [2.45, 2.75) is 13.0 Å². The average Bonchev–Trinajstić information content (AvgIpc) is 2.04. The summed E-state index contributed by atoms with van der Waals surface area (Å²) in [5, 5.41) is 17.6. The first kappa shape index (κ1) is 9.67. The highest BCUT2D eigenvalue weighted by Gasteiger charge is 2.25. The Bertz CT molecular complexity index is 311. The summed E-state index contributed by atoms with van der Waals surface area (Å²) in [6.07, 6.45) is 3.32. The molecule has 2 N–H and O–H groups in total. The van der Waals surface area contributed by atoms with E-state index in [2.05, 4.69) is 0 Å². The van der Waals surface area contributed by atoms with Crippen molar-refractivity contribution in [2.75, 3.05) is 6.61 Å². The van der Waals surface area contributed by atoms with Crippen molar-refractivity contribution in [3.63, 3.8) is 0 Å². The molecule has 0 saturated carbocycles. The van der Waals surface area contributed by atoms with Crippen LogP contribution >= 0.6 is 0 Å². The standard InChI is InChI=1S/C9H11NO3/c1-7-3-2-4-10(5-7)8(6-11)9(12)13/h2-5,8,11H,6H2,1H3/p+1. The van der Waals surface area contributed by atoms with Crippen LogP contribution in [0.2, 0.25) is 0 Å². The molecule has 0 aliphatic rings. The van der Waals surface area contributed by atoms with Crippen LogP contribution in [0.4, 0.5) is 0 Å². The van der Waals surface area contributed by atoms with Crippen molar-refractivity contribution in [3.05, 3.63) is 30.1 Å². The number of rotatable bonds is 3. The Labute approximate surface area is 76.1 Å². The van der Waals surface area contributed by atoms with Gasteiger partial charge in [0.15, 0.2) is 12.4 Å². The van der Waals surface area contributed by atoms with Crippen molar-refractivity contribution in [1.82, 2.24) is 0 Å². The van der Waals surface area contributed by atoms with E-state index in [0.29, 0.717) is 0 Å². The molecule has 13 heavy (non-hydrogen) atoms. The second kappa shape index (κ2) is 4.00. The number of aliphatic hydroxyl groups excluding tert-OH is 1. The zero-order valence-corrected chi connectivity index (χ0v) is 7.34. The maximum Gasteiger partial charge on any atom is 0.375 e. The number of hydrogen-bond donors (Lipinski definition) is 2. The van der Waals surface area contributed by atoms with E-state index in [4.69, 9.17) is 10.2 Å². The monoisotopic (exact) mass is 182 g/mol. The zero-order valence-electron chi connectivity index (χ0n) is 7.34. The first-order valence-electron chi connectivity index (χ1n) is 3.96. The van der Waals surface area contributed by atoms with Gasteiger partial charge < -0.3 is 10.2 Å². The minimum absolute atomic E-state index is 0.399. The summed E-state index contributed by atoms with van der Waals surface area (Å²) in [5.74, 6) is -1.03. The number of carboxylic acid groups (broad SMARTS) is 1. The van der Waals surface area contributed by atoms with Crippen LogP contribution in [0.5, 0.6) is 0 Å². The van der Waals surface area contributed by atoms with Crippen LogP contribution in [-0.4, -0.2) is 22.8 Å². The van der Waals surface area contributed by atoms with Gasteiger partial charge in [0.2, 0.25) is 0 Å². The second-order valence-electron chi connectivity index (χ2n) is 2.87. The number of nitrogens with zero attached hydrogens (tertiary/aromatic N) is 1. The Balaban J connectivity index is 2.98. The fourth-order valence-corrected chi connectivity index (χ4v) is 1.11. The van der Waals surface area contributed by atoms with Crippen molar-refractivity contribution in [1.29, 1.82) is 0 Å². The van der Waals surface area contributed by atoms with Gasteiger partial charge in [0, 0.05) is 11.6 Å². The molecular formula is C9H12NO3+. The molecule has 0 radical (unpaired) electrons. The molecule has 70 valence electrons. The van der Waals surface area contributed by atoms with Crippen LogP contribution in [0.15, 0.2) is 24.5 Å². The van der Waals surface area contributed by atoms with E-state index in [-0.39, 0.29) is 0 Å². The molecule has 0 bridgehead atoms. The number of hydrogen-bond acceptors (Lipinski definition) is 2. The third kappa shape index (κ3) is 2.26. The maximum absolute atomic E-state index is 10.7. The smallest absolute Gasteiger partial charge is 0.375 e. The SMILES string of the molecule is Cc1ccc[n+](C(CO)C(=O)O)c1. The lowest BCUT2D eigenvalue weighted by Gasteiger charge is -2.03. The van der Waals surface area contributed by atoms with Crippen molar-refractivity contribution in [2.24, 2.45) is 0 Å². The highest BCUT2D eigenvalue weighted by molar-refractivity contribution is 5.69. The summed E-state index contributed by atoms with van der Waals surface area (Å²) in [6.45, 7) is 1.47. The van der Waals surface area contributed by atoms with Gasteiger partial charge in [0.1, 0.15) is 6.61 Å². The fourth-order valence-electron chi connectivity index (χ4n) is 1.11. The number of aliphatic hydroxyl groups is 1. The molecule has 4 heteroatoms. The van der Waals surface area contributed by atoms with Crippen LogP contribution in [0, 0.1) is 6.92 Å². The van der Waals surface area contributed by atoms with Gasteiger partial charge in [-0.25, -0.2) is 4.79 Å². The van der Waals surface area contributed by atoms with Crippen molar-refractivity contribution >= 4 is 5.97 Å². The Morgan fingerprint density at radius 3 is 2.85 bits per heavy atom. The van der Waals surface area contributed by atoms with Crippen LogP contribution < -0.4 is 4.57 Å². The van der Waals surface area contributed by atoms with E-state index >= 15 is 0 Å². The summed E-state index contributed by atoms with van der Waals surface area (Å²) >= 11 is 0. The first-order valence-corrected chi connectivity index (χ1v) is 3.96. The molecule has 0 amide bonds. The summed E-state index contributed by atoms with van der Waals surface area (Å²) in [5.41, 5.74) is 0.960. The molecule has 0 aliphatic carbocycles. The van der Waals surface area contributed by atoms with Gasteiger partial charge in [0.25, 0.3) is 6.04 Å². The van der Waals surface area contributed by atoms with Gasteiger partial charge in [-0.1, -0.05) is 0 Å². The Morgan fingerprint density at radius 1 is 1.69 bits per heavy atom. The Morgan fingerprint density at radius 2 is 2.38 bits per heavy atom. The molecule has 1 aromatic heterocycles. The van der Waals surface area contributed by atoms with Crippen LogP contribution in [0.1, 0.15) is 11.6 Å². The zero-order chi connectivity index (χ0) is 9.84. The number of aryl methyl sites for hydroxylation is 1. The number of pyridine rings is 1. The molecule has 1 aromatic rings. The Kier molecular flexibility index (Phi) is 2.97. The van der Waals surface area contributed by atoms with E-state index in [1.165, 1.54) is 4.57 Å². The molecule has 0 spiro atoms. The lowest BCUT2D eigenvalue weighted by atomic mass is 10.2. The summed E-state index contributed by atoms with van der Waals surface area (Å²) < 4.78 is 1.48. The van der Waals surface area contributed by atoms with Gasteiger partial charge in [-0.15, -0.1) is 0 Å². The molecule has 0 aromatic carbocycles. The highest BCUT2D eigenvalue weighted by atomic mass is 16.4. The van der Waals surface area contributed by atoms with Crippen LogP contribution in [-0.2, 0) is 4.79 Å². The van der Waals surface area contributed by atoms with Crippen LogP contribution in [0.3, 0.4) is 0 Å². The molecule has 1 atom stereocenters. The van der Waals surface area contributed by atoms with E-state index in [0.717, 1.165) is 5.56 Å². The molecule has 0 saturated heterocycles. The van der Waals surface area contributed by atoms with Crippen molar-refractivity contribution in [3.8, 4) is 0 Å². The second-order valence-corrected chi connectivity index (χ2v) is 2.87. The molecule has 0 aliphatic heterocycles. The van der Waals surface area contributed by atoms with E-state index in [9.17, 15) is 4.79 Å². The minimum atomic E-state index is -1.03. The highest BCUT2D eigenvalue weighted by Crippen LogP contribution is 1.97. The minimum Gasteiger partial charge on any atom is -0.476 e. The molecule has 0 fully saturated rings. The molecular weight excluding hydrogens is 170 g/mol. The normalized spacial score (nSPS) is 12.5. The fraction of sp³-hybridized carbons (Fsp3) is 0.333. The maximum atomic E-state index is 10.7. The average molecular weight is 182 g/mol. The van der Waals surface area contributed by atoms with Gasteiger partial charge in [-0.2, -0.15) is 4.57 Å². The third-order valence-corrected chi connectivity index (χ3v) is 1.79. The molecule has 4 nitrogen and oxygen atoms in total. The lowest BCUT2D eigenvalue weighted by molar-refractivity contribution is -0.712. The Hall–Kier alpha value is -1.42.